The number of hydrazone groups is 1. The fourth-order valence-electron chi connectivity index (χ4n) is 0.353. The van der Waals surface area contributed by atoms with Gasteiger partial charge in [-0.1, -0.05) is 6.58 Å². The van der Waals surface area contributed by atoms with Crippen LogP contribution in [0.3, 0.4) is 0 Å². The van der Waals surface area contributed by atoms with Gasteiger partial charge in [-0.25, -0.2) is 0 Å². The maximum atomic E-state index is 3.81. The Morgan fingerprint density at radius 3 is 2.86 bits per heavy atom. The van der Waals surface area contributed by atoms with Crippen LogP contribution in [0.2, 0.25) is 0 Å². The number of nitrogens with zero attached hydrogens (tertiary/aromatic N) is 2. The molecule has 0 amide bonds. The first-order valence-corrected chi connectivity index (χ1v) is 2.02. The van der Waals surface area contributed by atoms with Crippen LogP contribution in [0.1, 0.15) is 0 Å². The summed E-state index contributed by atoms with van der Waals surface area (Å²) in [5, 5.41) is 8.29. The van der Waals surface area contributed by atoms with Crippen LogP contribution in [-0.4, -0.2) is 18.4 Å². The first-order chi connectivity index (χ1) is 3.30. The molecule has 1 heterocycles. The van der Waals surface area contributed by atoms with Crippen molar-refractivity contribution < 1.29 is 0 Å². The van der Waals surface area contributed by atoms with Crippen molar-refractivity contribution >= 4 is 6.34 Å². The molecule has 1 aliphatic heterocycles. The van der Waals surface area contributed by atoms with E-state index in [1.54, 1.807) is 11.3 Å². The van der Waals surface area contributed by atoms with Crippen molar-refractivity contribution in [2.75, 3.05) is 7.05 Å². The zero-order valence-corrected chi connectivity index (χ0v) is 4.18. The Kier molecular flexibility index (Phi) is 0.749. The lowest BCUT2D eigenvalue weighted by atomic mass is 10.8. The molecule has 0 bridgehead atoms. The van der Waals surface area contributed by atoms with Gasteiger partial charge in [0.1, 0.15) is 12.2 Å². The Morgan fingerprint density at radius 1 is 2.00 bits per heavy atom. The maximum Gasteiger partial charge on any atom is 0.120 e. The van der Waals surface area contributed by atoms with E-state index < -0.39 is 0 Å². The highest BCUT2D eigenvalue weighted by molar-refractivity contribution is 5.59. The van der Waals surface area contributed by atoms with E-state index in [2.05, 4.69) is 17.0 Å². The molecule has 1 rings (SSSR count). The first kappa shape index (κ1) is 4.18. The van der Waals surface area contributed by atoms with E-state index in [0.29, 0.717) is 0 Å². The Balaban J connectivity index is 2.62. The molecule has 0 aliphatic carbocycles. The molecule has 7 heavy (non-hydrogen) atoms. The molecule has 0 aromatic heterocycles. The minimum absolute atomic E-state index is 0.819. The molecule has 0 radical (unpaired) electrons. The fourth-order valence-corrected chi connectivity index (χ4v) is 0.353. The molecule has 3 nitrogen and oxygen atoms in total. The Labute approximate surface area is 42.3 Å². The Bertz CT molecular complexity index is 116. The van der Waals surface area contributed by atoms with Crippen LogP contribution in [0.25, 0.3) is 0 Å². The second kappa shape index (κ2) is 1.26. The van der Waals surface area contributed by atoms with Crippen LogP contribution < -0.4 is 5.32 Å². The third-order valence-electron chi connectivity index (χ3n) is 0.853. The van der Waals surface area contributed by atoms with E-state index in [0.717, 1.165) is 5.82 Å². The van der Waals surface area contributed by atoms with Crippen LogP contribution in [0.15, 0.2) is 17.5 Å². The minimum Gasteiger partial charge on any atom is -0.330 e. The molecule has 0 atom stereocenters. The van der Waals surface area contributed by atoms with E-state index >= 15 is 0 Å². The van der Waals surface area contributed by atoms with Gasteiger partial charge in [0, 0.05) is 7.05 Å². The number of nitrogens with one attached hydrogen (secondary N) is 1. The molecule has 38 valence electrons. The smallest absolute Gasteiger partial charge is 0.120 e. The summed E-state index contributed by atoms with van der Waals surface area (Å²) in [5.41, 5.74) is 0. The van der Waals surface area contributed by atoms with Gasteiger partial charge in [-0.05, 0) is 0 Å². The van der Waals surface area contributed by atoms with E-state index in [-0.39, 0.29) is 0 Å². The molecule has 0 unspecified atom stereocenters. The van der Waals surface area contributed by atoms with E-state index in [9.17, 15) is 0 Å². The van der Waals surface area contributed by atoms with Crippen LogP contribution in [0.4, 0.5) is 0 Å². The summed E-state index contributed by atoms with van der Waals surface area (Å²) in [6, 6.07) is 0. The summed E-state index contributed by atoms with van der Waals surface area (Å²) in [4.78, 5) is 0. The van der Waals surface area contributed by atoms with Gasteiger partial charge < -0.3 is 5.32 Å². The van der Waals surface area contributed by atoms with Gasteiger partial charge in [0.05, 0.1) is 0 Å². The van der Waals surface area contributed by atoms with Gasteiger partial charge in [0.2, 0.25) is 0 Å². The highest BCUT2D eigenvalue weighted by Gasteiger charge is 2.00. The van der Waals surface area contributed by atoms with Crippen molar-refractivity contribution in [1.82, 2.24) is 10.3 Å². The molecule has 0 aromatic rings. The van der Waals surface area contributed by atoms with E-state index in [1.165, 1.54) is 0 Å². The average Bonchev–Trinajstić information content (AvgIpc) is 1.91. The van der Waals surface area contributed by atoms with Crippen molar-refractivity contribution in [2.45, 2.75) is 0 Å². The third kappa shape index (κ3) is 0.559. The molecule has 0 saturated heterocycles. The average molecular weight is 97.1 g/mol. The summed E-state index contributed by atoms with van der Waals surface area (Å²) in [6.07, 6.45) is 1.60. The fraction of sp³-hybridized carbons (Fsp3) is 0.250. The molecule has 0 spiro atoms. The molecule has 3 heteroatoms. The largest absolute Gasteiger partial charge is 0.330 e. The quantitative estimate of drug-likeness (QED) is 0.458. The van der Waals surface area contributed by atoms with E-state index in [1.807, 2.05) is 7.05 Å². The van der Waals surface area contributed by atoms with Crippen molar-refractivity contribution in [3.63, 3.8) is 0 Å². The normalized spacial score (nSPS) is 17.9. The lowest BCUT2D eigenvalue weighted by Gasteiger charge is -2.03. The first-order valence-electron chi connectivity index (χ1n) is 2.02. The topological polar surface area (TPSA) is 27.6 Å². The zero-order chi connectivity index (χ0) is 5.28. The van der Waals surface area contributed by atoms with Crippen molar-refractivity contribution in [2.24, 2.45) is 5.10 Å². The number of hydrogen-bond donors (Lipinski definition) is 1. The summed E-state index contributed by atoms with van der Waals surface area (Å²) >= 11 is 0. The maximum absolute atomic E-state index is 3.81. The van der Waals surface area contributed by atoms with Gasteiger partial charge >= 0.3 is 0 Å². The van der Waals surface area contributed by atoms with Gasteiger partial charge in [-0.15, -0.1) is 0 Å². The predicted octanol–water partition coefficient (Wildman–Crippen LogP) is -0.0641. The van der Waals surface area contributed by atoms with Crippen molar-refractivity contribution in [1.29, 1.82) is 0 Å². The van der Waals surface area contributed by atoms with Gasteiger partial charge in [0.25, 0.3) is 0 Å². The van der Waals surface area contributed by atoms with Crippen molar-refractivity contribution in [3.8, 4) is 0 Å². The molecule has 0 aromatic carbocycles. The van der Waals surface area contributed by atoms with E-state index in [4.69, 9.17) is 0 Å². The standard InChI is InChI=1S/C4H7N3/c1-4-5-3-6-7(4)2/h3H,1H2,2H3,(H,5,6). The van der Waals surface area contributed by atoms with Crippen molar-refractivity contribution in [3.05, 3.63) is 12.4 Å². The minimum atomic E-state index is 0.819. The third-order valence-corrected chi connectivity index (χ3v) is 0.853. The Hall–Kier alpha value is -0.990. The molecule has 1 N–H and O–H groups in total. The second-order valence-electron chi connectivity index (χ2n) is 1.36. The zero-order valence-electron chi connectivity index (χ0n) is 4.18. The van der Waals surface area contributed by atoms with Crippen LogP contribution in [0, 0.1) is 0 Å². The molecule has 0 saturated carbocycles. The summed E-state index contributed by atoms with van der Waals surface area (Å²) in [5.74, 6) is 0.819. The van der Waals surface area contributed by atoms with Crippen LogP contribution in [-0.2, 0) is 0 Å². The van der Waals surface area contributed by atoms with Gasteiger partial charge in [0.15, 0.2) is 0 Å². The summed E-state index contributed by atoms with van der Waals surface area (Å²) < 4.78 is 0. The summed E-state index contributed by atoms with van der Waals surface area (Å²) in [6.45, 7) is 3.62. The predicted molar refractivity (Wildman–Crippen MR) is 28.5 cm³/mol. The lowest BCUT2D eigenvalue weighted by molar-refractivity contribution is 0.460. The highest BCUT2D eigenvalue weighted by Crippen LogP contribution is 1.96. The number of rotatable bonds is 0. The van der Waals surface area contributed by atoms with Gasteiger partial charge in [-0.2, -0.15) is 5.10 Å². The lowest BCUT2D eigenvalue weighted by Crippen LogP contribution is -2.12. The highest BCUT2D eigenvalue weighted by atomic mass is 15.5. The molecular weight excluding hydrogens is 90.1 g/mol. The number of hydrogen-bond acceptors (Lipinski definition) is 3. The van der Waals surface area contributed by atoms with Gasteiger partial charge in [-0.3, -0.25) is 5.01 Å². The molecular formula is C4H7N3. The molecule has 1 aliphatic rings. The van der Waals surface area contributed by atoms with Crippen LogP contribution in [0.5, 0.6) is 0 Å². The summed E-state index contributed by atoms with van der Waals surface area (Å²) in [7, 11) is 1.83. The second-order valence-corrected chi connectivity index (χ2v) is 1.36. The SMILES string of the molecule is C=C1NC=NN1C. The monoisotopic (exact) mass is 97.1 g/mol. The van der Waals surface area contributed by atoms with Crippen LogP contribution >= 0.6 is 0 Å². The molecule has 0 fully saturated rings. The Morgan fingerprint density at radius 2 is 2.71 bits per heavy atom.